The Bertz CT molecular complexity index is 436. The number of hydrazone groups is 1. The molecule has 1 amide bonds. The van der Waals surface area contributed by atoms with E-state index in [1.54, 1.807) is 24.3 Å². The second kappa shape index (κ2) is 7.56. The Hall–Kier alpha value is -1.84. The zero-order valence-corrected chi connectivity index (χ0v) is 12.1. The van der Waals surface area contributed by atoms with Crippen LogP contribution < -0.4 is 10.2 Å². The van der Waals surface area contributed by atoms with Crippen LogP contribution in [0.2, 0.25) is 0 Å². The lowest BCUT2D eigenvalue weighted by atomic mass is 10.1. The fourth-order valence-electron chi connectivity index (χ4n) is 1.72. The van der Waals surface area contributed by atoms with Crippen LogP contribution in [0.5, 0.6) is 5.75 Å². The van der Waals surface area contributed by atoms with Gasteiger partial charge in [0.1, 0.15) is 5.75 Å². The normalized spacial score (nSPS) is 11.5. The molecule has 1 rings (SSSR count). The largest absolute Gasteiger partial charge is 0.494 e. The Balaban J connectivity index is 2.58. The molecule has 1 aromatic carbocycles. The molecule has 4 heteroatoms. The van der Waals surface area contributed by atoms with Crippen LogP contribution in [0, 0.1) is 5.92 Å². The maximum atomic E-state index is 11.8. The third-order valence-corrected chi connectivity index (χ3v) is 2.48. The predicted molar refractivity (Wildman–Crippen MR) is 77.6 cm³/mol. The summed E-state index contributed by atoms with van der Waals surface area (Å²) in [6, 6.07) is 7.02. The van der Waals surface area contributed by atoms with Gasteiger partial charge < -0.3 is 4.74 Å². The van der Waals surface area contributed by atoms with Crippen LogP contribution in [0.3, 0.4) is 0 Å². The number of rotatable bonds is 6. The van der Waals surface area contributed by atoms with Crippen molar-refractivity contribution >= 4 is 11.6 Å². The second-order valence-corrected chi connectivity index (χ2v) is 4.84. The molecule has 0 atom stereocenters. The highest BCUT2D eigenvalue weighted by Gasteiger charge is 2.05. The zero-order valence-electron chi connectivity index (χ0n) is 12.1. The molecule has 1 N–H and O–H groups in total. The van der Waals surface area contributed by atoms with E-state index in [1.807, 2.05) is 13.8 Å². The Labute approximate surface area is 114 Å². The van der Waals surface area contributed by atoms with Crippen molar-refractivity contribution in [2.45, 2.75) is 34.1 Å². The maximum absolute atomic E-state index is 11.8. The number of hydrogen-bond donors (Lipinski definition) is 1. The third-order valence-electron chi connectivity index (χ3n) is 2.48. The summed E-state index contributed by atoms with van der Waals surface area (Å²) >= 11 is 0. The van der Waals surface area contributed by atoms with Crippen molar-refractivity contribution in [1.82, 2.24) is 5.43 Å². The van der Waals surface area contributed by atoms with Gasteiger partial charge >= 0.3 is 0 Å². The third kappa shape index (κ3) is 5.55. The lowest BCUT2D eigenvalue weighted by Crippen LogP contribution is -2.19. The zero-order chi connectivity index (χ0) is 14.3. The summed E-state index contributed by atoms with van der Waals surface area (Å²) in [6.07, 6.45) is 0.879. The summed E-state index contributed by atoms with van der Waals surface area (Å²) in [5, 5.41) is 4.09. The molecular formula is C15H22N2O2. The number of ether oxygens (including phenoxy) is 1. The van der Waals surface area contributed by atoms with Crippen molar-refractivity contribution in [1.29, 1.82) is 0 Å². The molecule has 0 bridgehead atoms. The van der Waals surface area contributed by atoms with Gasteiger partial charge in [0.05, 0.1) is 6.61 Å². The molecule has 0 aliphatic carbocycles. The van der Waals surface area contributed by atoms with Crippen molar-refractivity contribution in [2.24, 2.45) is 11.0 Å². The molecule has 0 aromatic heterocycles. The van der Waals surface area contributed by atoms with Crippen molar-refractivity contribution < 1.29 is 9.53 Å². The number of benzene rings is 1. The second-order valence-electron chi connectivity index (χ2n) is 4.84. The molecular weight excluding hydrogens is 240 g/mol. The Kier molecular flexibility index (Phi) is 6.06. The molecule has 104 valence electrons. The van der Waals surface area contributed by atoms with Gasteiger partial charge in [0.25, 0.3) is 5.91 Å². The molecule has 0 saturated heterocycles. The van der Waals surface area contributed by atoms with E-state index >= 15 is 0 Å². The molecule has 4 nitrogen and oxygen atoms in total. The van der Waals surface area contributed by atoms with Gasteiger partial charge in [-0.05, 0) is 50.5 Å². The van der Waals surface area contributed by atoms with Crippen LogP contribution in [0.15, 0.2) is 29.4 Å². The van der Waals surface area contributed by atoms with Gasteiger partial charge in [-0.1, -0.05) is 13.8 Å². The van der Waals surface area contributed by atoms with Gasteiger partial charge in [0, 0.05) is 11.3 Å². The number of nitrogens with one attached hydrogen (secondary N) is 1. The average Bonchev–Trinajstić information content (AvgIpc) is 2.36. The fourth-order valence-corrected chi connectivity index (χ4v) is 1.72. The Morgan fingerprint density at radius 1 is 1.32 bits per heavy atom. The quantitative estimate of drug-likeness (QED) is 0.632. The van der Waals surface area contributed by atoms with E-state index < -0.39 is 0 Å². The van der Waals surface area contributed by atoms with Crippen LogP contribution in [-0.2, 0) is 0 Å². The van der Waals surface area contributed by atoms with Crippen molar-refractivity contribution in [3.63, 3.8) is 0 Å². The van der Waals surface area contributed by atoms with Crippen LogP contribution in [0.1, 0.15) is 44.5 Å². The topological polar surface area (TPSA) is 50.7 Å². The molecule has 1 aromatic rings. The predicted octanol–water partition coefficient (Wildman–Crippen LogP) is 3.24. The molecule has 0 spiro atoms. The molecule has 0 unspecified atom stereocenters. The van der Waals surface area contributed by atoms with E-state index in [0.29, 0.717) is 18.1 Å². The summed E-state index contributed by atoms with van der Waals surface area (Å²) in [4.78, 5) is 11.8. The molecule has 0 radical (unpaired) electrons. The Morgan fingerprint density at radius 2 is 1.95 bits per heavy atom. The van der Waals surface area contributed by atoms with Crippen molar-refractivity contribution in [3.05, 3.63) is 29.8 Å². The smallest absolute Gasteiger partial charge is 0.271 e. The molecule has 0 fully saturated rings. The van der Waals surface area contributed by atoms with Crippen molar-refractivity contribution in [3.8, 4) is 5.75 Å². The summed E-state index contributed by atoms with van der Waals surface area (Å²) < 4.78 is 5.32. The van der Waals surface area contributed by atoms with E-state index in [1.165, 1.54) is 0 Å². The monoisotopic (exact) mass is 262 g/mol. The summed E-state index contributed by atoms with van der Waals surface area (Å²) in [5.41, 5.74) is 4.06. The number of carbonyl (C=O) groups excluding carboxylic acids is 1. The standard InChI is InChI=1S/C15H22N2O2/c1-5-19-14-8-6-13(7-9-14)15(18)17-16-12(4)10-11(2)3/h6-9,11H,5,10H2,1-4H3,(H,17,18). The van der Waals surface area contributed by atoms with Gasteiger partial charge in [-0.15, -0.1) is 0 Å². The minimum atomic E-state index is -0.203. The molecule has 0 aliphatic rings. The van der Waals surface area contributed by atoms with E-state index in [2.05, 4.69) is 24.4 Å². The first-order chi connectivity index (χ1) is 9.02. The van der Waals surface area contributed by atoms with Crippen LogP contribution in [0.4, 0.5) is 0 Å². The van der Waals surface area contributed by atoms with Gasteiger partial charge in [-0.3, -0.25) is 4.79 Å². The minimum absolute atomic E-state index is 0.203. The van der Waals surface area contributed by atoms with Gasteiger partial charge in [-0.2, -0.15) is 5.10 Å². The summed E-state index contributed by atoms with van der Waals surface area (Å²) in [5.74, 6) is 1.09. The SMILES string of the molecule is CCOc1ccc(C(=O)NN=C(C)CC(C)C)cc1. The highest BCUT2D eigenvalue weighted by atomic mass is 16.5. The molecule has 0 heterocycles. The van der Waals surface area contributed by atoms with Gasteiger partial charge in [-0.25, -0.2) is 5.43 Å². The Morgan fingerprint density at radius 3 is 2.47 bits per heavy atom. The lowest BCUT2D eigenvalue weighted by molar-refractivity contribution is 0.0954. The highest BCUT2D eigenvalue weighted by molar-refractivity contribution is 5.95. The first-order valence-electron chi connectivity index (χ1n) is 6.59. The number of hydrogen-bond acceptors (Lipinski definition) is 3. The van der Waals surface area contributed by atoms with E-state index in [0.717, 1.165) is 17.9 Å². The minimum Gasteiger partial charge on any atom is -0.494 e. The molecule has 0 saturated carbocycles. The highest BCUT2D eigenvalue weighted by Crippen LogP contribution is 2.12. The first kappa shape index (κ1) is 15.2. The van der Waals surface area contributed by atoms with Crippen LogP contribution in [-0.4, -0.2) is 18.2 Å². The van der Waals surface area contributed by atoms with Crippen LogP contribution >= 0.6 is 0 Å². The first-order valence-corrected chi connectivity index (χ1v) is 6.59. The molecule has 19 heavy (non-hydrogen) atoms. The summed E-state index contributed by atoms with van der Waals surface area (Å²) in [7, 11) is 0. The van der Waals surface area contributed by atoms with E-state index in [4.69, 9.17) is 4.74 Å². The maximum Gasteiger partial charge on any atom is 0.271 e. The van der Waals surface area contributed by atoms with Crippen LogP contribution in [0.25, 0.3) is 0 Å². The number of amides is 1. The number of carbonyl (C=O) groups is 1. The number of nitrogens with zero attached hydrogens (tertiary/aromatic N) is 1. The van der Waals surface area contributed by atoms with E-state index in [-0.39, 0.29) is 5.91 Å². The fraction of sp³-hybridized carbons (Fsp3) is 0.467. The lowest BCUT2D eigenvalue weighted by Gasteiger charge is -2.06. The van der Waals surface area contributed by atoms with E-state index in [9.17, 15) is 4.79 Å². The van der Waals surface area contributed by atoms with Crippen molar-refractivity contribution in [2.75, 3.05) is 6.61 Å². The van der Waals surface area contributed by atoms with Gasteiger partial charge in [0.2, 0.25) is 0 Å². The summed E-state index contributed by atoms with van der Waals surface area (Å²) in [6.45, 7) is 8.69. The average molecular weight is 262 g/mol. The molecule has 0 aliphatic heterocycles. The van der Waals surface area contributed by atoms with Gasteiger partial charge in [0.15, 0.2) is 0 Å².